The van der Waals surface area contributed by atoms with E-state index in [1.165, 1.54) is 11.8 Å². The van der Waals surface area contributed by atoms with E-state index in [1.807, 2.05) is 0 Å². The van der Waals surface area contributed by atoms with Crippen LogP contribution in [-0.2, 0) is 19.1 Å². The first-order valence-corrected chi connectivity index (χ1v) is 9.53. The maximum absolute atomic E-state index is 12.1. The van der Waals surface area contributed by atoms with Gasteiger partial charge in [-0.2, -0.15) is 0 Å². The number of amides is 2. The zero-order valence-corrected chi connectivity index (χ0v) is 16.2. The largest absolute Gasteiger partial charge is 0.456 e. The molecule has 0 aromatic heterocycles. The Labute approximate surface area is 169 Å². The number of para-hydroxylation sites is 1. The first-order valence-electron chi connectivity index (χ1n) is 7.89. The third-order valence-electron chi connectivity index (χ3n) is 3.63. The van der Waals surface area contributed by atoms with Crippen molar-refractivity contribution in [1.82, 2.24) is 0 Å². The summed E-state index contributed by atoms with van der Waals surface area (Å²) >= 11 is 13.1. The van der Waals surface area contributed by atoms with Gasteiger partial charge in [-0.05, 0) is 30.3 Å². The molecule has 0 bridgehead atoms. The predicted molar refractivity (Wildman–Crippen MR) is 105 cm³/mol. The van der Waals surface area contributed by atoms with Crippen molar-refractivity contribution in [3.05, 3.63) is 52.5 Å². The van der Waals surface area contributed by atoms with Crippen molar-refractivity contribution in [1.29, 1.82) is 0 Å². The van der Waals surface area contributed by atoms with Crippen molar-refractivity contribution >= 4 is 64.1 Å². The van der Waals surface area contributed by atoms with Crippen molar-refractivity contribution < 1.29 is 19.1 Å². The van der Waals surface area contributed by atoms with Gasteiger partial charge in [-0.25, -0.2) is 0 Å². The number of ether oxygens (including phenoxy) is 1. The third kappa shape index (κ3) is 5.15. The molecule has 1 unspecified atom stereocenters. The molecule has 2 aromatic carbocycles. The number of halogens is 2. The quantitative estimate of drug-likeness (QED) is 0.709. The molecule has 2 aromatic rings. The van der Waals surface area contributed by atoms with Gasteiger partial charge in [-0.15, -0.1) is 11.8 Å². The summed E-state index contributed by atoms with van der Waals surface area (Å²) in [4.78, 5) is 36.8. The Morgan fingerprint density at radius 3 is 2.74 bits per heavy atom. The molecular weight excluding hydrogens is 411 g/mol. The molecule has 6 nitrogen and oxygen atoms in total. The predicted octanol–water partition coefficient (Wildman–Crippen LogP) is 3.98. The van der Waals surface area contributed by atoms with Crippen LogP contribution in [0.4, 0.5) is 11.4 Å². The smallest absolute Gasteiger partial charge is 0.307 e. The minimum absolute atomic E-state index is 0.155. The first-order chi connectivity index (χ1) is 12.9. The van der Waals surface area contributed by atoms with Crippen LogP contribution in [0.1, 0.15) is 6.42 Å². The fourth-order valence-corrected chi connectivity index (χ4v) is 3.79. The molecule has 0 spiro atoms. The number of thioether (sulfide) groups is 1. The van der Waals surface area contributed by atoms with Gasteiger partial charge in [0.05, 0.1) is 28.1 Å². The maximum Gasteiger partial charge on any atom is 0.307 e. The molecule has 2 N–H and O–H groups in total. The van der Waals surface area contributed by atoms with Gasteiger partial charge in [-0.3, -0.25) is 14.4 Å². The molecule has 27 heavy (non-hydrogen) atoms. The van der Waals surface area contributed by atoms with Gasteiger partial charge in [0, 0.05) is 9.92 Å². The Kier molecular flexibility index (Phi) is 6.26. The fraction of sp³-hybridized carbons (Fsp3) is 0.167. The third-order valence-corrected chi connectivity index (χ3v) is 5.47. The van der Waals surface area contributed by atoms with E-state index in [0.29, 0.717) is 21.4 Å². The summed E-state index contributed by atoms with van der Waals surface area (Å²) in [5, 5.41) is 5.52. The van der Waals surface area contributed by atoms with Crippen molar-refractivity contribution in [3.8, 4) is 0 Å². The standard InChI is InChI=1S/C18H14Cl2N2O4S/c19-10-5-6-14-13(7-10)22-18(25)15(27-14)8-17(24)26-9-16(23)21-12-4-2-1-3-11(12)20/h1-7,15H,8-9H2,(H,21,23)(H,22,25). The molecule has 1 aliphatic heterocycles. The zero-order valence-electron chi connectivity index (χ0n) is 13.8. The molecule has 1 aliphatic rings. The lowest BCUT2D eigenvalue weighted by atomic mass is 10.2. The van der Waals surface area contributed by atoms with E-state index >= 15 is 0 Å². The van der Waals surface area contributed by atoms with Gasteiger partial charge in [0.25, 0.3) is 5.91 Å². The van der Waals surface area contributed by atoms with Crippen LogP contribution in [0.3, 0.4) is 0 Å². The Hall–Kier alpha value is -2.22. The van der Waals surface area contributed by atoms with Gasteiger partial charge in [0.2, 0.25) is 5.91 Å². The molecule has 1 atom stereocenters. The minimum atomic E-state index is -0.644. The van der Waals surface area contributed by atoms with Crippen molar-refractivity contribution in [2.75, 3.05) is 17.2 Å². The summed E-state index contributed by atoms with van der Waals surface area (Å²) in [6, 6.07) is 11.8. The Morgan fingerprint density at radius 1 is 1.19 bits per heavy atom. The second-order valence-corrected chi connectivity index (χ2v) is 7.72. The summed E-state index contributed by atoms with van der Waals surface area (Å²) in [5.41, 5.74) is 1.04. The van der Waals surface area contributed by atoms with Crippen molar-refractivity contribution in [2.24, 2.45) is 0 Å². The summed E-state index contributed by atoms with van der Waals surface area (Å²) in [5.74, 6) is -1.47. The number of carbonyl (C=O) groups excluding carboxylic acids is 3. The molecule has 0 saturated heterocycles. The van der Waals surface area contributed by atoms with Crippen LogP contribution in [0.25, 0.3) is 0 Å². The maximum atomic E-state index is 12.1. The lowest BCUT2D eigenvalue weighted by Crippen LogP contribution is -2.32. The summed E-state index contributed by atoms with van der Waals surface area (Å²) < 4.78 is 4.97. The number of rotatable bonds is 5. The second kappa shape index (κ2) is 8.65. The number of carbonyl (C=O) groups is 3. The van der Waals surface area contributed by atoms with Gasteiger partial charge in [0.1, 0.15) is 0 Å². The number of anilines is 2. The van der Waals surface area contributed by atoms with Crippen LogP contribution in [0.2, 0.25) is 10.0 Å². The normalized spacial score (nSPS) is 15.5. The SMILES string of the molecule is O=C(COC(=O)CC1Sc2ccc(Cl)cc2NC1=O)Nc1ccccc1Cl. The molecule has 140 valence electrons. The average molecular weight is 425 g/mol. The van der Waals surface area contributed by atoms with Crippen molar-refractivity contribution in [3.63, 3.8) is 0 Å². The van der Waals surface area contributed by atoms with Crippen LogP contribution in [0.5, 0.6) is 0 Å². The highest BCUT2D eigenvalue weighted by Gasteiger charge is 2.29. The van der Waals surface area contributed by atoms with Gasteiger partial charge in [-0.1, -0.05) is 35.3 Å². The molecule has 0 radical (unpaired) electrons. The molecule has 0 saturated carbocycles. The second-order valence-electron chi connectivity index (χ2n) is 5.63. The van der Waals surface area contributed by atoms with Crippen LogP contribution in [-0.4, -0.2) is 29.6 Å². The minimum Gasteiger partial charge on any atom is -0.456 e. The molecule has 3 rings (SSSR count). The van der Waals surface area contributed by atoms with Crippen LogP contribution >= 0.6 is 35.0 Å². The van der Waals surface area contributed by atoms with E-state index in [-0.39, 0.29) is 12.3 Å². The topological polar surface area (TPSA) is 84.5 Å². The number of benzene rings is 2. The molecule has 1 heterocycles. The molecule has 0 aliphatic carbocycles. The molecule has 2 amide bonds. The van der Waals surface area contributed by atoms with Crippen LogP contribution < -0.4 is 10.6 Å². The molecule has 9 heteroatoms. The van der Waals surface area contributed by atoms with Gasteiger partial charge in [0.15, 0.2) is 6.61 Å². The number of hydrogen-bond acceptors (Lipinski definition) is 5. The Balaban J connectivity index is 1.50. The monoisotopic (exact) mass is 424 g/mol. The Bertz CT molecular complexity index is 907. The Morgan fingerprint density at radius 2 is 1.96 bits per heavy atom. The zero-order chi connectivity index (χ0) is 19.4. The molecule has 0 fully saturated rings. The highest BCUT2D eigenvalue weighted by atomic mass is 35.5. The number of fused-ring (bicyclic) bond motifs is 1. The van der Waals surface area contributed by atoms with E-state index in [0.717, 1.165) is 4.90 Å². The summed E-state index contributed by atoms with van der Waals surface area (Å²) in [6.07, 6.45) is -0.155. The lowest BCUT2D eigenvalue weighted by molar-refractivity contribution is -0.147. The van der Waals surface area contributed by atoms with E-state index in [1.54, 1.807) is 42.5 Å². The first kappa shape index (κ1) is 19.5. The fourth-order valence-electron chi connectivity index (χ4n) is 2.36. The summed E-state index contributed by atoms with van der Waals surface area (Å²) in [6.45, 7) is -0.463. The average Bonchev–Trinajstić information content (AvgIpc) is 2.63. The van der Waals surface area contributed by atoms with E-state index < -0.39 is 23.7 Å². The van der Waals surface area contributed by atoms with Crippen molar-refractivity contribution in [2.45, 2.75) is 16.6 Å². The highest BCUT2D eigenvalue weighted by Crippen LogP contribution is 2.38. The van der Waals surface area contributed by atoms with Crippen LogP contribution in [0.15, 0.2) is 47.4 Å². The van der Waals surface area contributed by atoms with E-state index in [9.17, 15) is 14.4 Å². The molecular formula is C18H14Cl2N2O4S. The highest BCUT2D eigenvalue weighted by molar-refractivity contribution is 8.01. The van der Waals surface area contributed by atoms with Gasteiger partial charge >= 0.3 is 5.97 Å². The van der Waals surface area contributed by atoms with Gasteiger partial charge < -0.3 is 15.4 Å². The van der Waals surface area contributed by atoms with E-state index in [4.69, 9.17) is 27.9 Å². The van der Waals surface area contributed by atoms with Crippen LogP contribution in [0, 0.1) is 0 Å². The summed E-state index contributed by atoms with van der Waals surface area (Å²) in [7, 11) is 0. The van der Waals surface area contributed by atoms with E-state index in [2.05, 4.69) is 10.6 Å². The number of esters is 1. The lowest BCUT2D eigenvalue weighted by Gasteiger charge is -2.23. The number of hydrogen-bond donors (Lipinski definition) is 2. The number of nitrogens with one attached hydrogen (secondary N) is 2.